The Morgan fingerprint density at radius 3 is 2.32 bits per heavy atom. The molecule has 0 spiro atoms. The van der Waals surface area contributed by atoms with Gasteiger partial charge in [-0.05, 0) is 67.8 Å². The van der Waals surface area contributed by atoms with Gasteiger partial charge in [0.05, 0.1) is 28.7 Å². The molecule has 1 atom stereocenters. The molecule has 0 radical (unpaired) electrons. The first-order chi connectivity index (χ1) is 18.2. The van der Waals surface area contributed by atoms with Crippen LogP contribution in [-0.4, -0.2) is 39.5 Å². The van der Waals surface area contributed by atoms with Gasteiger partial charge in [-0.1, -0.05) is 55.3 Å². The molecule has 10 heteroatoms. The third-order valence-corrected chi connectivity index (χ3v) is 7.29. The largest absolute Gasteiger partial charge is 0.492 e. The summed E-state index contributed by atoms with van der Waals surface area (Å²) in [7, 11) is -4.11. The molecular formula is C28H31ClN2O6S. The lowest BCUT2D eigenvalue weighted by molar-refractivity contribution is -0.117. The van der Waals surface area contributed by atoms with Crippen molar-refractivity contribution in [2.75, 3.05) is 18.5 Å². The Bertz CT molecular complexity index is 1330. The van der Waals surface area contributed by atoms with Crippen LogP contribution in [0.3, 0.4) is 0 Å². The van der Waals surface area contributed by atoms with E-state index in [1.54, 1.807) is 43.3 Å². The van der Waals surface area contributed by atoms with E-state index in [-0.39, 0.29) is 16.3 Å². The molecule has 3 aromatic rings. The molecule has 0 fully saturated rings. The van der Waals surface area contributed by atoms with Crippen LogP contribution in [0.2, 0.25) is 5.02 Å². The number of hydrogen-bond acceptors (Lipinski definition) is 6. The highest BCUT2D eigenvalue weighted by Crippen LogP contribution is 2.27. The summed E-state index contributed by atoms with van der Waals surface area (Å²) in [5, 5.41) is 2.87. The molecule has 38 heavy (non-hydrogen) atoms. The molecule has 3 rings (SSSR count). The van der Waals surface area contributed by atoms with E-state index in [1.165, 1.54) is 18.2 Å². The van der Waals surface area contributed by atoms with Gasteiger partial charge in [0.15, 0.2) is 0 Å². The minimum absolute atomic E-state index is 0.0947. The average Bonchev–Trinajstić information content (AvgIpc) is 2.90. The number of benzene rings is 3. The Kier molecular flexibility index (Phi) is 10.7. The predicted octanol–water partition coefficient (Wildman–Crippen LogP) is 5.22. The Labute approximate surface area is 228 Å². The second-order valence-corrected chi connectivity index (χ2v) is 10.6. The third kappa shape index (κ3) is 8.31. The zero-order chi connectivity index (χ0) is 27.5. The van der Waals surface area contributed by atoms with Crippen molar-refractivity contribution in [3.05, 3.63) is 88.9 Å². The molecule has 0 aliphatic rings. The van der Waals surface area contributed by atoms with E-state index in [1.807, 2.05) is 25.1 Å². The minimum atomic E-state index is -4.11. The summed E-state index contributed by atoms with van der Waals surface area (Å²) in [5.41, 5.74) is 1.53. The monoisotopic (exact) mass is 558 g/mol. The smallest absolute Gasteiger partial charge is 0.338 e. The van der Waals surface area contributed by atoms with Crippen LogP contribution in [0.1, 0.15) is 42.6 Å². The Balaban J connectivity index is 1.78. The maximum Gasteiger partial charge on any atom is 0.338 e. The van der Waals surface area contributed by atoms with Gasteiger partial charge >= 0.3 is 5.97 Å². The van der Waals surface area contributed by atoms with Crippen molar-refractivity contribution in [3.8, 4) is 5.75 Å². The Hall–Kier alpha value is -3.40. The molecule has 0 bridgehead atoms. The summed E-state index contributed by atoms with van der Waals surface area (Å²) in [6.07, 6.45) is 1.80. The van der Waals surface area contributed by atoms with E-state index in [2.05, 4.69) is 10.0 Å². The summed E-state index contributed by atoms with van der Waals surface area (Å²) in [6.45, 7) is 4.52. The molecular weight excluding hydrogens is 528 g/mol. The van der Waals surface area contributed by atoms with E-state index in [0.717, 1.165) is 18.4 Å². The van der Waals surface area contributed by atoms with Gasteiger partial charge in [-0.3, -0.25) is 4.79 Å². The zero-order valence-electron chi connectivity index (χ0n) is 21.3. The molecule has 202 valence electrons. The Morgan fingerprint density at radius 1 is 0.974 bits per heavy atom. The third-order valence-electron chi connectivity index (χ3n) is 5.53. The van der Waals surface area contributed by atoms with Crippen molar-refractivity contribution in [2.45, 2.75) is 44.0 Å². The number of unbranched alkanes of at least 4 members (excludes halogenated alkanes) is 1. The van der Waals surface area contributed by atoms with Gasteiger partial charge < -0.3 is 14.8 Å². The number of nitrogens with one attached hydrogen (secondary N) is 2. The fourth-order valence-corrected chi connectivity index (χ4v) is 5.05. The molecule has 0 heterocycles. The molecule has 1 amide bonds. The van der Waals surface area contributed by atoms with Gasteiger partial charge in [-0.25, -0.2) is 13.2 Å². The minimum Gasteiger partial charge on any atom is -0.492 e. The second-order valence-electron chi connectivity index (χ2n) is 8.44. The van der Waals surface area contributed by atoms with E-state index >= 15 is 0 Å². The zero-order valence-corrected chi connectivity index (χ0v) is 22.8. The van der Waals surface area contributed by atoms with Crippen LogP contribution in [0.5, 0.6) is 5.75 Å². The van der Waals surface area contributed by atoms with Crippen LogP contribution in [0.15, 0.2) is 77.7 Å². The van der Waals surface area contributed by atoms with Gasteiger partial charge in [0.2, 0.25) is 15.9 Å². The van der Waals surface area contributed by atoms with Crippen LogP contribution in [-0.2, 0) is 26.0 Å². The second kappa shape index (κ2) is 13.9. The van der Waals surface area contributed by atoms with Gasteiger partial charge in [-0.15, -0.1) is 0 Å². The van der Waals surface area contributed by atoms with Crippen LogP contribution >= 0.6 is 11.6 Å². The van der Waals surface area contributed by atoms with Crippen molar-refractivity contribution in [1.82, 2.24) is 4.72 Å². The van der Waals surface area contributed by atoms with Crippen molar-refractivity contribution in [3.63, 3.8) is 0 Å². The number of carbonyl (C=O) groups excluding carboxylic acids is 2. The molecule has 0 saturated heterocycles. The van der Waals surface area contributed by atoms with E-state index in [9.17, 15) is 18.0 Å². The number of carbonyl (C=O) groups is 2. The number of sulfonamides is 1. The molecule has 0 aromatic heterocycles. The highest BCUT2D eigenvalue weighted by molar-refractivity contribution is 7.89. The van der Waals surface area contributed by atoms with Crippen LogP contribution < -0.4 is 14.8 Å². The SMILES string of the molecule is CCCCOC(=O)c1ccc(NC(=O)[C@H](Cc2ccccc2)NS(=O)(=O)c2ccc(OCC)c(Cl)c2)cc1. The summed E-state index contributed by atoms with van der Waals surface area (Å²) in [6, 6.07) is 18.3. The number of hydrogen-bond donors (Lipinski definition) is 2. The van der Waals surface area contributed by atoms with Gasteiger partial charge in [0, 0.05) is 5.69 Å². The number of rotatable bonds is 13. The normalized spacial score (nSPS) is 12.0. The highest BCUT2D eigenvalue weighted by Gasteiger charge is 2.27. The first-order valence-corrected chi connectivity index (χ1v) is 14.2. The predicted molar refractivity (Wildman–Crippen MR) is 147 cm³/mol. The average molecular weight is 559 g/mol. The standard InChI is InChI=1S/C28H31ClN2O6S/c1-3-5-17-37-28(33)21-11-13-22(14-12-21)30-27(32)25(18-20-9-7-6-8-10-20)31-38(34,35)23-15-16-26(36-4-2)24(29)19-23/h6-16,19,25,31H,3-5,17-18H2,1-2H3,(H,30,32)/t25-/m0/s1. The van der Waals surface area contributed by atoms with E-state index in [4.69, 9.17) is 21.1 Å². The molecule has 0 unspecified atom stereocenters. The van der Waals surface area contributed by atoms with Crippen LogP contribution in [0.4, 0.5) is 5.69 Å². The first kappa shape index (κ1) is 29.2. The fourth-order valence-electron chi connectivity index (χ4n) is 3.53. The number of anilines is 1. The topological polar surface area (TPSA) is 111 Å². The lowest BCUT2D eigenvalue weighted by atomic mass is 10.1. The first-order valence-electron chi connectivity index (χ1n) is 12.3. The van der Waals surface area contributed by atoms with Gasteiger partial charge in [0.1, 0.15) is 11.8 Å². The molecule has 0 aliphatic carbocycles. The number of halogens is 1. The maximum absolute atomic E-state index is 13.2. The highest BCUT2D eigenvalue weighted by atomic mass is 35.5. The summed E-state index contributed by atoms with van der Waals surface area (Å²) < 4.78 is 39.5. The number of esters is 1. The molecule has 0 aliphatic heterocycles. The molecule has 2 N–H and O–H groups in total. The molecule has 0 saturated carbocycles. The number of amides is 1. The van der Waals surface area contributed by atoms with Crippen LogP contribution in [0, 0.1) is 0 Å². The van der Waals surface area contributed by atoms with Gasteiger partial charge in [0.25, 0.3) is 0 Å². The lowest BCUT2D eigenvalue weighted by Gasteiger charge is -2.19. The maximum atomic E-state index is 13.2. The van der Waals surface area contributed by atoms with Crippen molar-refractivity contribution in [1.29, 1.82) is 0 Å². The van der Waals surface area contributed by atoms with E-state index in [0.29, 0.717) is 30.2 Å². The van der Waals surface area contributed by atoms with Gasteiger partial charge in [-0.2, -0.15) is 4.72 Å². The fraction of sp³-hybridized carbons (Fsp3) is 0.286. The number of ether oxygens (including phenoxy) is 2. The lowest BCUT2D eigenvalue weighted by Crippen LogP contribution is -2.45. The Morgan fingerprint density at radius 2 is 1.68 bits per heavy atom. The summed E-state index contributed by atoms with van der Waals surface area (Å²) in [5.74, 6) is -0.642. The summed E-state index contributed by atoms with van der Waals surface area (Å²) in [4.78, 5) is 25.3. The molecule has 8 nitrogen and oxygen atoms in total. The quantitative estimate of drug-likeness (QED) is 0.220. The van der Waals surface area contributed by atoms with Crippen LogP contribution in [0.25, 0.3) is 0 Å². The summed E-state index contributed by atoms with van der Waals surface area (Å²) >= 11 is 6.19. The molecule has 3 aromatic carbocycles. The van der Waals surface area contributed by atoms with Crippen molar-refractivity contribution in [2.24, 2.45) is 0 Å². The van der Waals surface area contributed by atoms with Crippen molar-refractivity contribution >= 4 is 39.2 Å². The van der Waals surface area contributed by atoms with Crippen molar-refractivity contribution < 1.29 is 27.5 Å². The van der Waals surface area contributed by atoms with E-state index < -0.39 is 27.9 Å².